The monoisotopic (exact) mass is 277 g/mol. The Morgan fingerprint density at radius 3 is 3.20 bits per heavy atom. The third kappa shape index (κ3) is 2.10. The van der Waals surface area contributed by atoms with Crippen molar-refractivity contribution in [1.82, 2.24) is 15.6 Å². The van der Waals surface area contributed by atoms with Crippen LogP contribution in [0.15, 0.2) is 17.1 Å². The molecular formula is C14H19N3O3. The number of aromatic amines is 1. The van der Waals surface area contributed by atoms with E-state index in [1.165, 1.54) is 19.4 Å². The lowest BCUT2D eigenvalue weighted by atomic mass is 9.90. The second-order valence-corrected chi connectivity index (χ2v) is 5.61. The van der Waals surface area contributed by atoms with Crippen LogP contribution in [0, 0.1) is 5.92 Å². The average molecular weight is 277 g/mol. The summed E-state index contributed by atoms with van der Waals surface area (Å²) >= 11 is 0. The third-order valence-corrected chi connectivity index (χ3v) is 4.50. The lowest BCUT2D eigenvalue weighted by Gasteiger charge is -2.30. The molecular weight excluding hydrogens is 258 g/mol. The van der Waals surface area contributed by atoms with Gasteiger partial charge in [0.1, 0.15) is 5.75 Å². The van der Waals surface area contributed by atoms with Crippen molar-refractivity contribution in [3.8, 4) is 5.75 Å². The van der Waals surface area contributed by atoms with E-state index < -0.39 is 0 Å². The van der Waals surface area contributed by atoms with Gasteiger partial charge in [-0.15, -0.1) is 0 Å². The number of ether oxygens (including phenoxy) is 1. The molecule has 2 atom stereocenters. The van der Waals surface area contributed by atoms with Gasteiger partial charge in [-0.2, -0.15) is 0 Å². The molecule has 2 fully saturated rings. The van der Waals surface area contributed by atoms with Crippen molar-refractivity contribution in [2.24, 2.45) is 5.92 Å². The van der Waals surface area contributed by atoms with E-state index in [-0.39, 0.29) is 17.0 Å². The highest BCUT2D eigenvalue weighted by Crippen LogP contribution is 2.38. The van der Waals surface area contributed by atoms with Crippen molar-refractivity contribution in [1.29, 1.82) is 0 Å². The zero-order chi connectivity index (χ0) is 14.2. The fraction of sp³-hybridized carbons (Fsp3) is 0.571. The minimum atomic E-state index is -0.280. The summed E-state index contributed by atoms with van der Waals surface area (Å²) in [6.45, 7) is 1.78. The van der Waals surface area contributed by atoms with Gasteiger partial charge in [0.05, 0.1) is 18.2 Å². The first kappa shape index (κ1) is 13.2. The molecule has 6 nitrogen and oxygen atoms in total. The smallest absolute Gasteiger partial charge is 0.257 e. The van der Waals surface area contributed by atoms with E-state index in [4.69, 9.17) is 4.74 Å². The van der Waals surface area contributed by atoms with Crippen LogP contribution in [-0.2, 0) is 0 Å². The molecule has 1 saturated carbocycles. The van der Waals surface area contributed by atoms with Gasteiger partial charge >= 0.3 is 0 Å². The molecule has 0 bridgehead atoms. The van der Waals surface area contributed by atoms with Crippen molar-refractivity contribution in [2.75, 3.05) is 20.2 Å². The number of carbonyl (C=O) groups excluding carboxylic acids is 1. The Labute approximate surface area is 116 Å². The number of nitrogens with one attached hydrogen (secondary N) is 3. The van der Waals surface area contributed by atoms with Crippen LogP contribution in [0.1, 0.15) is 29.6 Å². The summed E-state index contributed by atoms with van der Waals surface area (Å²) in [5.74, 6) is 0.622. The van der Waals surface area contributed by atoms with E-state index in [1.807, 2.05) is 0 Å². The lowest BCUT2D eigenvalue weighted by Crippen LogP contribution is -2.51. The van der Waals surface area contributed by atoms with Crippen molar-refractivity contribution >= 4 is 5.91 Å². The summed E-state index contributed by atoms with van der Waals surface area (Å²) in [6, 6.07) is 1.30. The summed E-state index contributed by atoms with van der Waals surface area (Å²) in [6.07, 6.45) is 4.72. The molecule has 108 valence electrons. The van der Waals surface area contributed by atoms with E-state index in [0.29, 0.717) is 17.2 Å². The number of amides is 1. The second-order valence-electron chi connectivity index (χ2n) is 5.61. The van der Waals surface area contributed by atoms with Gasteiger partial charge in [-0.1, -0.05) is 6.42 Å². The van der Waals surface area contributed by atoms with Gasteiger partial charge in [-0.05, 0) is 18.8 Å². The van der Waals surface area contributed by atoms with Crippen molar-refractivity contribution in [2.45, 2.75) is 24.8 Å². The average Bonchev–Trinajstić information content (AvgIpc) is 2.97. The Morgan fingerprint density at radius 1 is 1.55 bits per heavy atom. The molecule has 1 aliphatic carbocycles. The zero-order valence-corrected chi connectivity index (χ0v) is 11.5. The number of hydrogen-bond acceptors (Lipinski definition) is 4. The first-order chi connectivity index (χ1) is 9.64. The van der Waals surface area contributed by atoms with Gasteiger partial charge < -0.3 is 20.4 Å². The zero-order valence-electron chi connectivity index (χ0n) is 11.5. The Morgan fingerprint density at radius 2 is 2.40 bits per heavy atom. The summed E-state index contributed by atoms with van der Waals surface area (Å²) < 4.78 is 5.12. The van der Waals surface area contributed by atoms with Gasteiger partial charge in [0, 0.05) is 25.4 Å². The number of aromatic nitrogens is 1. The Bertz CT molecular complexity index is 571. The Hall–Kier alpha value is -1.82. The first-order valence-corrected chi connectivity index (χ1v) is 6.94. The van der Waals surface area contributed by atoms with Crippen molar-refractivity contribution in [3.05, 3.63) is 28.2 Å². The molecule has 0 unspecified atom stereocenters. The molecule has 6 heteroatoms. The van der Waals surface area contributed by atoms with Crippen LogP contribution in [0.5, 0.6) is 5.75 Å². The highest BCUT2D eigenvalue weighted by Gasteiger charge is 2.47. The van der Waals surface area contributed by atoms with Gasteiger partial charge in [0.25, 0.3) is 11.5 Å². The number of methoxy groups -OCH3 is 1. The molecule has 0 spiro atoms. The van der Waals surface area contributed by atoms with Crippen LogP contribution in [0.2, 0.25) is 0 Å². The number of carbonyl (C=O) groups is 1. The largest absolute Gasteiger partial charge is 0.496 e. The number of H-pyrrole nitrogens is 1. The van der Waals surface area contributed by atoms with E-state index >= 15 is 0 Å². The Balaban J connectivity index is 1.85. The van der Waals surface area contributed by atoms with Crippen LogP contribution in [0.4, 0.5) is 0 Å². The number of fused-ring (bicyclic) bond motifs is 1. The van der Waals surface area contributed by atoms with Crippen LogP contribution < -0.4 is 20.9 Å². The molecule has 2 aliphatic rings. The van der Waals surface area contributed by atoms with E-state index in [1.54, 1.807) is 0 Å². The maximum Gasteiger partial charge on any atom is 0.257 e. The molecule has 1 aliphatic heterocycles. The maximum atomic E-state index is 12.5. The van der Waals surface area contributed by atoms with Crippen LogP contribution >= 0.6 is 0 Å². The van der Waals surface area contributed by atoms with Gasteiger partial charge in [0.2, 0.25) is 0 Å². The predicted octanol–water partition coefficient (Wildman–Crippen LogP) is 0.255. The highest BCUT2D eigenvalue weighted by atomic mass is 16.5. The lowest BCUT2D eigenvalue weighted by molar-refractivity contribution is 0.0890. The normalized spacial score (nSPS) is 28.1. The number of hydrogen-bond donors (Lipinski definition) is 3. The van der Waals surface area contributed by atoms with Crippen LogP contribution in [0.25, 0.3) is 0 Å². The highest BCUT2D eigenvalue weighted by molar-refractivity contribution is 5.97. The molecule has 0 aromatic carbocycles. The number of rotatable bonds is 3. The van der Waals surface area contributed by atoms with E-state index in [2.05, 4.69) is 15.6 Å². The summed E-state index contributed by atoms with van der Waals surface area (Å²) in [5.41, 5.74) is -0.0463. The molecule has 1 saturated heterocycles. The minimum Gasteiger partial charge on any atom is -0.496 e. The topological polar surface area (TPSA) is 83.2 Å². The predicted molar refractivity (Wildman–Crippen MR) is 74.0 cm³/mol. The molecule has 3 rings (SSSR count). The molecule has 0 radical (unpaired) electrons. The molecule has 3 N–H and O–H groups in total. The fourth-order valence-electron chi connectivity index (χ4n) is 3.45. The Kier molecular flexibility index (Phi) is 3.25. The summed E-state index contributed by atoms with van der Waals surface area (Å²) in [7, 11) is 1.46. The second kappa shape index (κ2) is 4.94. The summed E-state index contributed by atoms with van der Waals surface area (Å²) in [5, 5.41) is 6.52. The van der Waals surface area contributed by atoms with Crippen molar-refractivity contribution < 1.29 is 9.53 Å². The minimum absolute atomic E-state index is 0.141. The SMILES string of the molecule is COc1cc(=O)[nH]cc1C(=O)N[C@]12CCC[C@H]1CNC2. The summed E-state index contributed by atoms with van der Waals surface area (Å²) in [4.78, 5) is 26.3. The fourth-order valence-corrected chi connectivity index (χ4v) is 3.45. The van der Waals surface area contributed by atoms with Gasteiger partial charge in [0.15, 0.2) is 0 Å². The molecule has 1 aromatic rings. The van der Waals surface area contributed by atoms with Crippen LogP contribution in [0.3, 0.4) is 0 Å². The molecule has 1 amide bonds. The first-order valence-electron chi connectivity index (χ1n) is 6.94. The van der Waals surface area contributed by atoms with Gasteiger partial charge in [-0.25, -0.2) is 0 Å². The van der Waals surface area contributed by atoms with E-state index in [0.717, 1.165) is 32.4 Å². The van der Waals surface area contributed by atoms with Crippen molar-refractivity contribution in [3.63, 3.8) is 0 Å². The number of pyridine rings is 1. The van der Waals surface area contributed by atoms with Gasteiger partial charge in [-0.3, -0.25) is 9.59 Å². The quantitative estimate of drug-likeness (QED) is 0.740. The third-order valence-electron chi connectivity index (χ3n) is 4.50. The molecule has 20 heavy (non-hydrogen) atoms. The van der Waals surface area contributed by atoms with E-state index in [9.17, 15) is 9.59 Å². The van der Waals surface area contributed by atoms with Crippen LogP contribution in [-0.4, -0.2) is 36.6 Å². The maximum absolute atomic E-state index is 12.5. The molecule has 1 aromatic heterocycles. The molecule has 2 heterocycles. The standard InChI is InChI=1S/C14H19N3O3/c1-20-11-5-12(18)16-7-10(11)13(19)17-14-4-2-3-9(14)6-15-8-14/h5,7,9,15H,2-4,6,8H2,1H3,(H,16,18)(H,17,19)/t9-,14-/m0/s1.